The first kappa shape index (κ1) is 10.1. The molecule has 0 unspecified atom stereocenters. The molecular formula is C10H11ClO2. The molecule has 0 radical (unpaired) electrons. The van der Waals surface area contributed by atoms with Crippen molar-refractivity contribution in [2.75, 3.05) is 7.11 Å². The van der Waals surface area contributed by atoms with Crippen LogP contribution in [-0.4, -0.2) is 12.4 Å². The van der Waals surface area contributed by atoms with Crippen LogP contribution < -0.4 is 4.74 Å². The molecule has 1 aromatic carbocycles. The Balaban J connectivity index is 3.18. The second kappa shape index (κ2) is 4.28. The van der Waals surface area contributed by atoms with E-state index in [9.17, 15) is 4.79 Å². The predicted octanol–water partition coefficient (Wildman–Crippen LogP) is 2.64. The maximum atomic E-state index is 11.0. The molecule has 0 atom stereocenters. The fourth-order valence-corrected chi connectivity index (χ4v) is 1.35. The lowest BCUT2D eigenvalue weighted by molar-refractivity contribution is 0.108. The summed E-state index contributed by atoms with van der Waals surface area (Å²) in [6.07, 6.45) is 0.789. The van der Waals surface area contributed by atoms with Crippen molar-refractivity contribution < 1.29 is 9.53 Å². The van der Waals surface area contributed by atoms with Gasteiger partial charge in [-0.05, 0) is 35.7 Å². The van der Waals surface area contributed by atoms with Gasteiger partial charge in [-0.15, -0.1) is 0 Å². The fourth-order valence-electron chi connectivity index (χ4n) is 1.17. The van der Waals surface area contributed by atoms with Gasteiger partial charge in [0.05, 0.1) is 7.11 Å². The molecule has 13 heavy (non-hydrogen) atoms. The molecule has 0 aliphatic carbocycles. The van der Waals surface area contributed by atoms with Crippen molar-refractivity contribution in [2.45, 2.75) is 13.3 Å². The molecule has 1 aromatic rings. The average molecular weight is 199 g/mol. The van der Waals surface area contributed by atoms with Gasteiger partial charge < -0.3 is 4.74 Å². The Morgan fingerprint density at radius 3 is 2.69 bits per heavy atom. The molecular weight excluding hydrogens is 188 g/mol. The Labute approximate surface area is 82.5 Å². The van der Waals surface area contributed by atoms with E-state index in [-0.39, 0.29) is 0 Å². The Kier molecular flexibility index (Phi) is 3.32. The third kappa shape index (κ3) is 2.22. The Morgan fingerprint density at radius 2 is 2.23 bits per heavy atom. The van der Waals surface area contributed by atoms with E-state index in [1.807, 2.05) is 19.1 Å². The molecule has 0 bridgehead atoms. The third-order valence-electron chi connectivity index (χ3n) is 1.91. The first-order valence-electron chi connectivity index (χ1n) is 4.05. The summed E-state index contributed by atoms with van der Waals surface area (Å²) < 4.78 is 4.99. The van der Waals surface area contributed by atoms with Crippen LogP contribution in [0.2, 0.25) is 0 Å². The molecule has 0 aliphatic heterocycles. The summed E-state index contributed by atoms with van der Waals surface area (Å²) in [6, 6.07) is 5.34. The number of carbonyl (C=O) groups excluding carboxylic acids is 1. The van der Waals surface area contributed by atoms with Crippen LogP contribution in [0.5, 0.6) is 5.75 Å². The van der Waals surface area contributed by atoms with Crippen LogP contribution in [0.4, 0.5) is 0 Å². The summed E-state index contributed by atoms with van der Waals surface area (Å²) in [7, 11) is 1.56. The van der Waals surface area contributed by atoms with Crippen LogP contribution in [0.25, 0.3) is 0 Å². The molecule has 0 N–H and O–H groups in total. The second-order valence-corrected chi connectivity index (χ2v) is 2.99. The zero-order valence-electron chi connectivity index (χ0n) is 7.63. The molecule has 3 heteroatoms. The maximum Gasteiger partial charge on any atom is 0.252 e. The minimum absolute atomic E-state index is 0.434. The lowest BCUT2D eigenvalue weighted by Gasteiger charge is -2.05. The first-order valence-corrected chi connectivity index (χ1v) is 4.43. The summed E-state index contributed by atoms with van der Waals surface area (Å²) in [4.78, 5) is 11.0. The number of aryl methyl sites for hydroxylation is 1. The number of benzene rings is 1. The molecule has 0 aliphatic rings. The largest absolute Gasteiger partial charge is 0.497 e. The zero-order valence-corrected chi connectivity index (χ0v) is 8.39. The third-order valence-corrected chi connectivity index (χ3v) is 2.11. The van der Waals surface area contributed by atoms with Gasteiger partial charge >= 0.3 is 0 Å². The van der Waals surface area contributed by atoms with Crippen molar-refractivity contribution >= 4 is 16.8 Å². The van der Waals surface area contributed by atoms with E-state index in [0.717, 1.165) is 12.0 Å². The average Bonchev–Trinajstić information content (AvgIpc) is 2.16. The van der Waals surface area contributed by atoms with Crippen molar-refractivity contribution in [3.8, 4) is 5.75 Å². The van der Waals surface area contributed by atoms with E-state index < -0.39 is 5.24 Å². The summed E-state index contributed by atoms with van der Waals surface area (Å²) in [5.74, 6) is 0.654. The highest BCUT2D eigenvalue weighted by Gasteiger charge is 2.08. The quantitative estimate of drug-likeness (QED) is 0.698. The van der Waals surface area contributed by atoms with Gasteiger partial charge in [0.25, 0.3) is 5.24 Å². The van der Waals surface area contributed by atoms with E-state index in [1.165, 1.54) is 0 Å². The minimum Gasteiger partial charge on any atom is -0.497 e. The molecule has 70 valence electrons. The molecule has 0 spiro atoms. The van der Waals surface area contributed by atoms with Crippen LogP contribution in [0, 0.1) is 0 Å². The van der Waals surface area contributed by atoms with Gasteiger partial charge in [-0.1, -0.05) is 13.0 Å². The lowest BCUT2D eigenvalue weighted by Crippen LogP contribution is -1.97. The van der Waals surface area contributed by atoms with Crippen LogP contribution in [0.15, 0.2) is 18.2 Å². The SMILES string of the molecule is CCc1ccc(OC)cc1C(=O)Cl. The monoisotopic (exact) mass is 198 g/mol. The van der Waals surface area contributed by atoms with Gasteiger partial charge in [-0.3, -0.25) is 4.79 Å². The minimum atomic E-state index is -0.434. The van der Waals surface area contributed by atoms with E-state index in [1.54, 1.807) is 13.2 Å². The highest BCUT2D eigenvalue weighted by atomic mass is 35.5. The molecule has 0 aromatic heterocycles. The zero-order chi connectivity index (χ0) is 9.84. The number of rotatable bonds is 3. The van der Waals surface area contributed by atoms with Gasteiger partial charge in [-0.25, -0.2) is 0 Å². The van der Waals surface area contributed by atoms with Crippen LogP contribution >= 0.6 is 11.6 Å². The number of carbonyl (C=O) groups is 1. The fraction of sp³-hybridized carbons (Fsp3) is 0.300. The van der Waals surface area contributed by atoms with Crippen molar-refractivity contribution in [1.82, 2.24) is 0 Å². The van der Waals surface area contributed by atoms with Gasteiger partial charge in [0.15, 0.2) is 0 Å². The Hall–Kier alpha value is -1.02. The van der Waals surface area contributed by atoms with E-state index >= 15 is 0 Å². The van der Waals surface area contributed by atoms with Crippen molar-refractivity contribution in [2.24, 2.45) is 0 Å². The maximum absolute atomic E-state index is 11.0. The summed E-state index contributed by atoms with van der Waals surface area (Å²) in [5, 5.41) is -0.434. The normalized spacial score (nSPS) is 9.77. The first-order chi connectivity index (χ1) is 6.19. The van der Waals surface area contributed by atoms with Crippen molar-refractivity contribution in [3.05, 3.63) is 29.3 Å². The molecule has 0 saturated carbocycles. The molecule has 0 saturated heterocycles. The van der Waals surface area contributed by atoms with E-state index in [4.69, 9.17) is 16.3 Å². The second-order valence-electron chi connectivity index (χ2n) is 2.65. The Morgan fingerprint density at radius 1 is 1.54 bits per heavy atom. The molecule has 2 nitrogen and oxygen atoms in total. The smallest absolute Gasteiger partial charge is 0.252 e. The number of halogens is 1. The number of methoxy groups -OCH3 is 1. The number of ether oxygens (including phenoxy) is 1. The number of hydrogen-bond donors (Lipinski definition) is 0. The van der Waals surface area contributed by atoms with Gasteiger partial charge in [-0.2, -0.15) is 0 Å². The van der Waals surface area contributed by atoms with E-state index in [0.29, 0.717) is 11.3 Å². The highest BCUT2D eigenvalue weighted by Crippen LogP contribution is 2.19. The predicted molar refractivity (Wildman–Crippen MR) is 52.6 cm³/mol. The van der Waals surface area contributed by atoms with Gasteiger partial charge in [0, 0.05) is 5.56 Å². The molecule has 0 amide bonds. The summed E-state index contributed by atoms with van der Waals surface area (Å²) >= 11 is 5.42. The van der Waals surface area contributed by atoms with E-state index in [2.05, 4.69) is 0 Å². The summed E-state index contributed by atoms with van der Waals surface area (Å²) in [5.41, 5.74) is 1.48. The van der Waals surface area contributed by atoms with Crippen LogP contribution in [0.1, 0.15) is 22.8 Å². The van der Waals surface area contributed by atoms with Gasteiger partial charge in [0.2, 0.25) is 0 Å². The lowest BCUT2D eigenvalue weighted by atomic mass is 10.1. The topological polar surface area (TPSA) is 26.3 Å². The van der Waals surface area contributed by atoms with Crippen molar-refractivity contribution in [3.63, 3.8) is 0 Å². The van der Waals surface area contributed by atoms with Gasteiger partial charge in [0.1, 0.15) is 5.75 Å². The molecule has 1 rings (SSSR count). The summed E-state index contributed by atoms with van der Waals surface area (Å²) in [6.45, 7) is 1.98. The molecule has 0 fully saturated rings. The number of hydrogen-bond acceptors (Lipinski definition) is 2. The van der Waals surface area contributed by atoms with Crippen molar-refractivity contribution in [1.29, 1.82) is 0 Å². The molecule has 0 heterocycles. The highest BCUT2D eigenvalue weighted by molar-refractivity contribution is 6.67. The van der Waals surface area contributed by atoms with Crippen LogP contribution in [-0.2, 0) is 6.42 Å². The standard InChI is InChI=1S/C10H11ClO2/c1-3-7-4-5-8(13-2)6-9(7)10(11)12/h4-6H,3H2,1-2H3. The Bertz CT molecular complexity index is 321. The van der Waals surface area contributed by atoms with Crippen LogP contribution in [0.3, 0.4) is 0 Å².